The van der Waals surface area contributed by atoms with Gasteiger partial charge in [-0.05, 0) is 30.2 Å². The Balaban J connectivity index is 1.43. The maximum Gasteiger partial charge on any atom is 0.319 e. The third kappa shape index (κ3) is 5.92. The van der Waals surface area contributed by atoms with Crippen LogP contribution in [0.2, 0.25) is 0 Å². The molecular weight excluding hydrogens is 380 g/mol. The van der Waals surface area contributed by atoms with Gasteiger partial charge in [0.05, 0.1) is 11.5 Å². The summed E-state index contributed by atoms with van der Waals surface area (Å²) >= 11 is 0. The molecule has 0 aliphatic heterocycles. The van der Waals surface area contributed by atoms with E-state index in [1.807, 2.05) is 18.2 Å². The summed E-state index contributed by atoms with van der Waals surface area (Å²) in [7, 11) is -3.22. The first-order valence-corrected chi connectivity index (χ1v) is 10.5. The highest BCUT2D eigenvalue weighted by atomic mass is 32.2. The second kappa shape index (κ2) is 9.14. The fraction of sp³-hybridized carbons (Fsp3) is 0.211. The van der Waals surface area contributed by atoms with Crippen LogP contribution in [0.25, 0.3) is 11.5 Å². The molecular formula is C19H20N4O4S. The Bertz CT molecular complexity index is 1010. The lowest BCUT2D eigenvalue weighted by Crippen LogP contribution is -2.30. The number of nitrogens with zero attached hydrogens (tertiary/aromatic N) is 2. The van der Waals surface area contributed by atoms with Crippen molar-refractivity contribution in [3.63, 3.8) is 0 Å². The normalized spacial score (nSPS) is 11.1. The van der Waals surface area contributed by atoms with E-state index < -0.39 is 15.9 Å². The predicted octanol–water partition coefficient (Wildman–Crippen LogP) is 2.86. The van der Waals surface area contributed by atoms with Crippen LogP contribution in [0, 0.1) is 0 Å². The zero-order chi connectivity index (χ0) is 19.8. The number of carbonyl (C=O) groups excluding carboxylic acids is 1. The van der Waals surface area contributed by atoms with E-state index in [9.17, 15) is 13.2 Å². The van der Waals surface area contributed by atoms with Gasteiger partial charge in [0.15, 0.2) is 9.84 Å². The van der Waals surface area contributed by atoms with Crippen LogP contribution in [0.5, 0.6) is 0 Å². The van der Waals surface area contributed by atoms with E-state index in [1.54, 1.807) is 36.4 Å². The Labute approximate surface area is 162 Å². The lowest BCUT2D eigenvalue weighted by atomic mass is 10.2. The van der Waals surface area contributed by atoms with Crippen molar-refractivity contribution >= 4 is 21.6 Å². The number of carbonyl (C=O) groups is 1. The highest BCUT2D eigenvalue weighted by Gasteiger charge is 2.12. The van der Waals surface area contributed by atoms with Crippen LogP contribution >= 0.6 is 0 Å². The van der Waals surface area contributed by atoms with Crippen LogP contribution in [-0.2, 0) is 15.6 Å². The molecule has 0 saturated heterocycles. The van der Waals surface area contributed by atoms with E-state index in [4.69, 9.17) is 4.42 Å². The molecule has 2 N–H and O–H groups in total. The largest absolute Gasteiger partial charge is 0.423 e. The highest BCUT2D eigenvalue weighted by molar-refractivity contribution is 7.90. The van der Waals surface area contributed by atoms with E-state index in [0.717, 1.165) is 5.56 Å². The molecule has 0 aliphatic carbocycles. The Hall–Kier alpha value is -3.20. The van der Waals surface area contributed by atoms with Gasteiger partial charge in [0, 0.05) is 17.8 Å². The minimum Gasteiger partial charge on any atom is -0.423 e. The summed E-state index contributed by atoms with van der Waals surface area (Å²) < 4.78 is 29.4. The quantitative estimate of drug-likeness (QED) is 0.562. The maximum atomic E-state index is 12.1. The number of aromatic nitrogens is 2. The fourth-order valence-corrected chi connectivity index (χ4v) is 4.03. The molecule has 0 atom stereocenters. The first-order valence-electron chi connectivity index (χ1n) is 8.68. The average molecular weight is 400 g/mol. The molecule has 0 fully saturated rings. The molecule has 0 radical (unpaired) electrons. The van der Waals surface area contributed by atoms with Crippen LogP contribution in [-0.4, -0.2) is 36.9 Å². The molecule has 28 heavy (non-hydrogen) atoms. The number of hydrogen-bond donors (Lipinski definition) is 2. The SMILES string of the molecule is O=C(NCCCS(=O)(=O)Cc1ccccc1)Nc1cccc(-c2nnco2)c1. The minimum atomic E-state index is -3.22. The molecule has 2 amide bonds. The summed E-state index contributed by atoms with van der Waals surface area (Å²) in [6, 6.07) is 15.6. The van der Waals surface area contributed by atoms with E-state index >= 15 is 0 Å². The molecule has 9 heteroatoms. The summed E-state index contributed by atoms with van der Waals surface area (Å²) in [5.74, 6) is 0.366. The van der Waals surface area contributed by atoms with Gasteiger partial charge in [-0.2, -0.15) is 0 Å². The first kappa shape index (κ1) is 19.6. The molecule has 0 aliphatic rings. The number of hydrogen-bond acceptors (Lipinski definition) is 6. The number of urea groups is 1. The van der Waals surface area contributed by atoms with Gasteiger partial charge in [0.25, 0.3) is 0 Å². The lowest BCUT2D eigenvalue weighted by molar-refractivity contribution is 0.252. The van der Waals surface area contributed by atoms with Crippen molar-refractivity contribution in [2.24, 2.45) is 0 Å². The van der Waals surface area contributed by atoms with Gasteiger partial charge in [-0.1, -0.05) is 36.4 Å². The van der Waals surface area contributed by atoms with Crippen molar-refractivity contribution in [2.45, 2.75) is 12.2 Å². The van der Waals surface area contributed by atoms with E-state index in [0.29, 0.717) is 23.6 Å². The Morgan fingerprint density at radius 3 is 2.64 bits per heavy atom. The smallest absolute Gasteiger partial charge is 0.319 e. The number of rotatable bonds is 8. The summed E-state index contributed by atoms with van der Waals surface area (Å²) in [6.07, 6.45) is 1.57. The molecule has 3 rings (SSSR count). The Morgan fingerprint density at radius 1 is 1.07 bits per heavy atom. The lowest BCUT2D eigenvalue weighted by Gasteiger charge is -2.09. The molecule has 3 aromatic rings. The minimum absolute atomic E-state index is 0.00248. The summed E-state index contributed by atoms with van der Waals surface area (Å²) in [5, 5.41) is 12.8. The highest BCUT2D eigenvalue weighted by Crippen LogP contribution is 2.20. The van der Waals surface area contributed by atoms with Gasteiger partial charge in [0.1, 0.15) is 0 Å². The van der Waals surface area contributed by atoms with Crippen LogP contribution in [0.4, 0.5) is 10.5 Å². The predicted molar refractivity (Wildman–Crippen MR) is 105 cm³/mol. The van der Waals surface area contributed by atoms with Gasteiger partial charge >= 0.3 is 6.03 Å². The zero-order valence-corrected chi connectivity index (χ0v) is 15.9. The average Bonchev–Trinajstić information content (AvgIpc) is 3.21. The van der Waals surface area contributed by atoms with Crippen molar-refractivity contribution in [3.05, 3.63) is 66.6 Å². The summed E-state index contributed by atoms with van der Waals surface area (Å²) in [5.41, 5.74) is 2.00. The number of anilines is 1. The van der Waals surface area contributed by atoms with E-state index in [1.165, 1.54) is 6.39 Å². The zero-order valence-electron chi connectivity index (χ0n) is 15.0. The third-order valence-corrected chi connectivity index (χ3v) is 5.56. The van der Waals surface area contributed by atoms with Crippen LogP contribution in [0.15, 0.2) is 65.4 Å². The Morgan fingerprint density at radius 2 is 1.89 bits per heavy atom. The molecule has 1 heterocycles. The fourth-order valence-electron chi connectivity index (χ4n) is 2.60. The molecule has 146 valence electrons. The van der Waals surface area contributed by atoms with Crippen molar-refractivity contribution in [3.8, 4) is 11.5 Å². The van der Waals surface area contributed by atoms with Gasteiger partial charge in [-0.15, -0.1) is 10.2 Å². The van der Waals surface area contributed by atoms with Crippen LogP contribution in [0.1, 0.15) is 12.0 Å². The van der Waals surface area contributed by atoms with Crippen LogP contribution in [0.3, 0.4) is 0 Å². The molecule has 0 saturated carbocycles. The summed E-state index contributed by atoms with van der Waals surface area (Å²) in [4.78, 5) is 12.0. The third-order valence-electron chi connectivity index (χ3n) is 3.87. The van der Waals surface area contributed by atoms with Gasteiger partial charge in [-0.25, -0.2) is 13.2 Å². The number of benzene rings is 2. The standard InChI is InChI=1S/C19H20N4O4S/c24-19(22-17-9-4-8-16(12-17)18-23-21-14-27-18)20-10-5-11-28(25,26)13-15-6-2-1-3-7-15/h1-4,6-9,12,14H,5,10-11,13H2,(H2,20,22,24). The van der Waals surface area contributed by atoms with Gasteiger partial charge in [-0.3, -0.25) is 0 Å². The molecule has 0 bridgehead atoms. The molecule has 1 aromatic heterocycles. The second-order valence-electron chi connectivity index (χ2n) is 6.14. The van der Waals surface area contributed by atoms with Crippen molar-refractivity contribution in [1.82, 2.24) is 15.5 Å². The van der Waals surface area contributed by atoms with E-state index in [2.05, 4.69) is 20.8 Å². The van der Waals surface area contributed by atoms with Gasteiger partial charge in [0.2, 0.25) is 12.3 Å². The van der Waals surface area contributed by atoms with Crippen molar-refractivity contribution in [2.75, 3.05) is 17.6 Å². The molecule has 2 aromatic carbocycles. The maximum absolute atomic E-state index is 12.1. The topological polar surface area (TPSA) is 114 Å². The molecule has 8 nitrogen and oxygen atoms in total. The monoisotopic (exact) mass is 400 g/mol. The van der Waals surface area contributed by atoms with Crippen molar-refractivity contribution in [1.29, 1.82) is 0 Å². The second-order valence-corrected chi connectivity index (χ2v) is 8.32. The first-order chi connectivity index (χ1) is 13.5. The van der Waals surface area contributed by atoms with Gasteiger partial charge < -0.3 is 15.1 Å². The Kier molecular flexibility index (Phi) is 6.38. The summed E-state index contributed by atoms with van der Waals surface area (Å²) in [6.45, 7) is 0.253. The van der Waals surface area contributed by atoms with E-state index in [-0.39, 0.29) is 18.1 Å². The molecule has 0 unspecified atom stereocenters. The number of amides is 2. The molecule has 0 spiro atoms. The number of nitrogens with one attached hydrogen (secondary N) is 2. The van der Waals surface area contributed by atoms with Crippen LogP contribution < -0.4 is 10.6 Å². The van der Waals surface area contributed by atoms with Crippen molar-refractivity contribution < 1.29 is 17.6 Å². The number of sulfone groups is 1.